The predicted octanol–water partition coefficient (Wildman–Crippen LogP) is 0.653. The minimum Gasteiger partial charge on any atom is -0.362 e. The van der Waals surface area contributed by atoms with Crippen molar-refractivity contribution in [3.05, 3.63) is 0 Å². The third kappa shape index (κ3) is 3.48. The average molecular weight is 181 g/mol. The second kappa shape index (κ2) is 5.90. The van der Waals surface area contributed by atoms with Gasteiger partial charge in [0.05, 0.1) is 13.4 Å². The molecule has 4 heteroatoms. The smallest absolute Gasteiger partial charge is 0.158 e. The molecule has 0 atom stereocenters. The SMILES string of the molecule is CCCC[P+](CO)(CO)CO. The van der Waals surface area contributed by atoms with Gasteiger partial charge in [-0.05, 0) is 6.42 Å². The van der Waals surface area contributed by atoms with Crippen LogP contribution < -0.4 is 0 Å². The minimum absolute atomic E-state index is 0.0278. The molecule has 0 aliphatic carbocycles. The Morgan fingerprint density at radius 1 is 1.00 bits per heavy atom. The first kappa shape index (κ1) is 11.3. The van der Waals surface area contributed by atoms with Crippen molar-refractivity contribution in [3.63, 3.8) is 0 Å². The minimum atomic E-state index is -1.79. The van der Waals surface area contributed by atoms with E-state index in [-0.39, 0.29) is 19.0 Å². The molecule has 0 aromatic rings. The zero-order valence-corrected chi connectivity index (χ0v) is 7.93. The van der Waals surface area contributed by atoms with E-state index in [4.69, 9.17) is 15.3 Å². The van der Waals surface area contributed by atoms with Crippen LogP contribution in [-0.2, 0) is 0 Å². The summed E-state index contributed by atoms with van der Waals surface area (Å²) in [4.78, 5) is 0. The summed E-state index contributed by atoms with van der Waals surface area (Å²) >= 11 is 0. The van der Waals surface area contributed by atoms with Crippen LogP contribution in [0.3, 0.4) is 0 Å². The first-order valence-electron chi connectivity index (χ1n) is 3.92. The van der Waals surface area contributed by atoms with E-state index < -0.39 is 7.26 Å². The molecule has 0 aliphatic heterocycles. The fourth-order valence-corrected chi connectivity index (χ4v) is 2.52. The summed E-state index contributed by atoms with van der Waals surface area (Å²) in [5.74, 6) is 0. The summed E-state index contributed by atoms with van der Waals surface area (Å²) in [7, 11) is -1.79. The Balaban J connectivity index is 3.84. The first-order valence-corrected chi connectivity index (χ1v) is 6.45. The highest BCUT2D eigenvalue weighted by atomic mass is 31.2. The van der Waals surface area contributed by atoms with E-state index in [9.17, 15) is 0 Å². The topological polar surface area (TPSA) is 60.7 Å². The summed E-state index contributed by atoms with van der Waals surface area (Å²) < 4.78 is 0. The van der Waals surface area contributed by atoms with Gasteiger partial charge in [-0.25, -0.2) is 0 Å². The van der Waals surface area contributed by atoms with E-state index in [1.165, 1.54) is 0 Å². The van der Waals surface area contributed by atoms with Gasteiger partial charge < -0.3 is 15.3 Å². The molecule has 0 spiro atoms. The van der Waals surface area contributed by atoms with Gasteiger partial charge in [0.15, 0.2) is 19.0 Å². The maximum atomic E-state index is 8.93. The zero-order chi connectivity index (χ0) is 8.74. The second-order valence-corrected chi connectivity index (χ2v) is 6.82. The average Bonchev–Trinajstić information content (AvgIpc) is 2.08. The molecule has 0 bridgehead atoms. The molecule has 0 aromatic heterocycles. The molecule has 0 rings (SSSR count). The quantitative estimate of drug-likeness (QED) is 0.527. The molecule has 0 saturated carbocycles. The number of unbranched alkanes of at least 4 members (excludes halogenated alkanes) is 1. The molecule has 0 fully saturated rings. The monoisotopic (exact) mass is 181 g/mol. The van der Waals surface area contributed by atoms with Crippen LogP contribution in [0.2, 0.25) is 0 Å². The lowest BCUT2D eigenvalue weighted by Gasteiger charge is -2.19. The zero-order valence-electron chi connectivity index (χ0n) is 7.03. The van der Waals surface area contributed by atoms with Gasteiger partial charge in [0.25, 0.3) is 0 Å². The molecule has 0 saturated heterocycles. The van der Waals surface area contributed by atoms with Crippen LogP contribution in [0.1, 0.15) is 19.8 Å². The third-order valence-electron chi connectivity index (χ3n) is 1.89. The molecule has 0 amide bonds. The Hall–Kier alpha value is 0.310. The Bertz CT molecular complexity index is 85.4. The van der Waals surface area contributed by atoms with Gasteiger partial charge in [-0.3, -0.25) is 0 Å². The van der Waals surface area contributed by atoms with Crippen molar-refractivity contribution in [1.29, 1.82) is 0 Å². The molecule has 0 aliphatic rings. The molecular formula is C7H18O3P+. The van der Waals surface area contributed by atoms with Crippen molar-refractivity contribution in [2.45, 2.75) is 19.8 Å². The number of hydrogen-bond acceptors (Lipinski definition) is 3. The highest BCUT2D eigenvalue weighted by Crippen LogP contribution is 2.56. The van der Waals surface area contributed by atoms with Crippen molar-refractivity contribution >= 4 is 7.26 Å². The van der Waals surface area contributed by atoms with E-state index in [0.717, 1.165) is 19.0 Å². The number of rotatable bonds is 6. The van der Waals surface area contributed by atoms with Crippen molar-refractivity contribution < 1.29 is 15.3 Å². The number of aliphatic hydroxyl groups excluding tert-OH is 3. The van der Waals surface area contributed by atoms with Crippen LogP contribution in [0.15, 0.2) is 0 Å². The lowest BCUT2D eigenvalue weighted by Crippen LogP contribution is -2.11. The van der Waals surface area contributed by atoms with Gasteiger partial charge in [-0.15, -0.1) is 0 Å². The van der Waals surface area contributed by atoms with Crippen molar-refractivity contribution in [2.75, 3.05) is 25.2 Å². The summed E-state index contributed by atoms with van der Waals surface area (Å²) in [5, 5.41) is 26.8. The van der Waals surface area contributed by atoms with Gasteiger partial charge in [0.2, 0.25) is 0 Å². The number of hydrogen-bond donors (Lipinski definition) is 3. The van der Waals surface area contributed by atoms with Crippen LogP contribution in [0.25, 0.3) is 0 Å². The Morgan fingerprint density at radius 3 is 1.73 bits per heavy atom. The molecule has 0 heterocycles. The summed E-state index contributed by atoms with van der Waals surface area (Å²) in [6.07, 6.45) is 2.74. The Labute approximate surface area is 68.4 Å². The van der Waals surface area contributed by atoms with Crippen molar-refractivity contribution in [1.82, 2.24) is 0 Å². The van der Waals surface area contributed by atoms with Gasteiger partial charge in [0.1, 0.15) is 0 Å². The van der Waals surface area contributed by atoms with Gasteiger partial charge in [-0.1, -0.05) is 13.3 Å². The van der Waals surface area contributed by atoms with E-state index in [1.807, 2.05) is 0 Å². The molecule has 0 radical (unpaired) electrons. The molecular weight excluding hydrogens is 163 g/mol. The van der Waals surface area contributed by atoms with Gasteiger partial charge in [-0.2, -0.15) is 0 Å². The van der Waals surface area contributed by atoms with Crippen LogP contribution in [0.4, 0.5) is 0 Å². The van der Waals surface area contributed by atoms with Gasteiger partial charge in [0, 0.05) is 0 Å². The van der Waals surface area contributed by atoms with Crippen molar-refractivity contribution in [3.8, 4) is 0 Å². The third-order valence-corrected chi connectivity index (χ3v) is 4.95. The maximum absolute atomic E-state index is 8.93. The van der Waals surface area contributed by atoms with E-state index in [1.54, 1.807) is 0 Å². The fraction of sp³-hybridized carbons (Fsp3) is 1.00. The molecule has 3 nitrogen and oxygen atoms in total. The Kier molecular flexibility index (Phi) is 6.06. The largest absolute Gasteiger partial charge is 0.362 e. The predicted molar refractivity (Wildman–Crippen MR) is 48.0 cm³/mol. The molecule has 3 N–H and O–H groups in total. The van der Waals surface area contributed by atoms with Crippen LogP contribution in [-0.4, -0.2) is 40.5 Å². The Morgan fingerprint density at radius 2 is 1.45 bits per heavy atom. The van der Waals surface area contributed by atoms with E-state index in [0.29, 0.717) is 0 Å². The highest BCUT2D eigenvalue weighted by Gasteiger charge is 2.34. The normalized spacial score (nSPS) is 12.0. The highest BCUT2D eigenvalue weighted by molar-refractivity contribution is 7.75. The van der Waals surface area contributed by atoms with Crippen LogP contribution >= 0.6 is 7.26 Å². The van der Waals surface area contributed by atoms with E-state index in [2.05, 4.69) is 6.92 Å². The lowest BCUT2D eigenvalue weighted by molar-refractivity contribution is 0.311. The molecule has 68 valence electrons. The molecule has 11 heavy (non-hydrogen) atoms. The van der Waals surface area contributed by atoms with E-state index >= 15 is 0 Å². The molecule has 0 aromatic carbocycles. The number of aliphatic hydroxyl groups is 3. The van der Waals surface area contributed by atoms with Gasteiger partial charge >= 0.3 is 0 Å². The summed E-state index contributed by atoms with van der Waals surface area (Å²) in [6.45, 7) is 2.06. The van der Waals surface area contributed by atoms with Crippen molar-refractivity contribution in [2.24, 2.45) is 0 Å². The summed E-state index contributed by atoms with van der Waals surface area (Å²) in [5.41, 5.74) is 0. The second-order valence-electron chi connectivity index (χ2n) is 2.84. The summed E-state index contributed by atoms with van der Waals surface area (Å²) in [6, 6.07) is 0. The van der Waals surface area contributed by atoms with Crippen LogP contribution in [0.5, 0.6) is 0 Å². The standard InChI is InChI=1S/C7H18O3P/c1-2-3-4-11(5-8,6-9)7-10/h8-10H,2-7H2,1H3/q+1. The lowest BCUT2D eigenvalue weighted by atomic mass is 10.4. The van der Waals surface area contributed by atoms with Crippen LogP contribution in [0, 0.1) is 0 Å². The molecule has 0 unspecified atom stereocenters. The first-order chi connectivity index (χ1) is 5.24. The fourth-order valence-electron chi connectivity index (χ4n) is 0.840. The maximum Gasteiger partial charge on any atom is 0.158 e.